The maximum atomic E-state index is 3.00. The van der Waals surface area contributed by atoms with Crippen LogP contribution in [0.3, 0.4) is 0 Å². The van der Waals surface area contributed by atoms with Crippen molar-refractivity contribution in [1.29, 1.82) is 0 Å². The second kappa shape index (κ2) is 14.9. The highest BCUT2D eigenvalue weighted by atomic mass is 13.8. The first-order valence-electron chi connectivity index (χ1n) is 5.82. The molecule has 0 heteroatoms. The first kappa shape index (κ1) is 18.3. The van der Waals surface area contributed by atoms with Crippen LogP contribution in [0.1, 0.15) is 11.1 Å². The lowest BCUT2D eigenvalue weighted by Gasteiger charge is -1.82. The van der Waals surface area contributed by atoms with Crippen LogP contribution in [0, 0.1) is 13.8 Å². The van der Waals surface area contributed by atoms with Gasteiger partial charge in [-0.05, 0) is 13.8 Å². The highest BCUT2D eigenvalue weighted by Gasteiger charge is 1.72. The van der Waals surface area contributed by atoms with Crippen molar-refractivity contribution in [2.45, 2.75) is 13.8 Å². The largest absolute Gasteiger partial charge is 0.106 e. The van der Waals surface area contributed by atoms with E-state index in [0.29, 0.717) is 0 Å². The van der Waals surface area contributed by atoms with Gasteiger partial charge in [-0.15, -0.1) is 26.3 Å². The molecule has 0 atom stereocenters. The summed E-state index contributed by atoms with van der Waals surface area (Å²) in [7, 11) is 0. The lowest BCUT2D eigenvalue weighted by Crippen LogP contribution is -1.62. The Morgan fingerprint density at radius 2 is 0.722 bits per heavy atom. The molecule has 0 nitrogen and oxygen atoms in total. The molecule has 0 aromatic heterocycles. The summed E-state index contributed by atoms with van der Waals surface area (Å²) >= 11 is 0. The van der Waals surface area contributed by atoms with Gasteiger partial charge in [0.2, 0.25) is 0 Å². The number of hydrogen-bond acceptors (Lipinski definition) is 0. The number of rotatable bonds is 0. The minimum Gasteiger partial charge on any atom is -0.106 e. The van der Waals surface area contributed by atoms with Crippen molar-refractivity contribution in [2.24, 2.45) is 0 Å². The highest BCUT2D eigenvalue weighted by Crippen LogP contribution is 1.92. The summed E-state index contributed by atoms with van der Waals surface area (Å²) in [6.07, 6.45) is 0. The fourth-order valence-corrected chi connectivity index (χ4v) is 1.07. The van der Waals surface area contributed by atoms with Gasteiger partial charge in [-0.25, -0.2) is 0 Å². The van der Waals surface area contributed by atoms with E-state index in [4.69, 9.17) is 0 Å². The average molecular weight is 240 g/mol. The van der Waals surface area contributed by atoms with Crippen molar-refractivity contribution < 1.29 is 0 Å². The lowest BCUT2D eigenvalue weighted by molar-refractivity contribution is 1.48. The Labute approximate surface area is 112 Å². The lowest BCUT2D eigenvalue weighted by atomic mass is 10.2. The Balaban J connectivity index is 0. The molecule has 0 amide bonds. The second-order valence-corrected chi connectivity index (χ2v) is 3.31. The Kier molecular flexibility index (Phi) is 15.2. The summed E-state index contributed by atoms with van der Waals surface area (Å²) in [6, 6.07) is 20.5. The first-order valence-corrected chi connectivity index (χ1v) is 5.82. The molecule has 0 spiro atoms. The van der Waals surface area contributed by atoms with Crippen LogP contribution in [0.25, 0.3) is 0 Å². The van der Waals surface area contributed by atoms with Gasteiger partial charge in [-0.3, -0.25) is 0 Å². The molecule has 2 aromatic carbocycles. The van der Waals surface area contributed by atoms with Gasteiger partial charge in [-0.2, -0.15) is 0 Å². The topological polar surface area (TPSA) is 0 Å². The predicted octanol–water partition coefficient (Wildman–Crippen LogP) is 5.59. The van der Waals surface area contributed by atoms with Gasteiger partial charge in [0.25, 0.3) is 0 Å². The maximum absolute atomic E-state index is 3.00. The van der Waals surface area contributed by atoms with Gasteiger partial charge in [0.05, 0.1) is 0 Å². The van der Waals surface area contributed by atoms with E-state index in [1.807, 2.05) is 36.4 Å². The van der Waals surface area contributed by atoms with E-state index in [9.17, 15) is 0 Å². The number of benzene rings is 2. The molecule has 0 saturated heterocycles. The minimum atomic E-state index is 1.32. The van der Waals surface area contributed by atoms with Crippen LogP contribution in [0.15, 0.2) is 87.0 Å². The summed E-state index contributed by atoms with van der Waals surface area (Å²) in [6.45, 7) is 16.2. The molecule has 18 heavy (non-hydrogen) atoms. The van der Waals surface area contributed by atoms with E-state index < -0.39 is 0 Å². The van der Waals surface area contributed by atoms with Crippen LogP contribution < -0.4 is 0 Å². The van der Waals surface area contributed by atoms with E-state index in [1.165, 1.54) is 11.1 Å². The van der Waals surface area contributed by atoms with Crippen molar-refractivity contribution in [2.75, 3.05) is 0 Å². The molecular weight excluding hydrogens is 216 g/mol. The van der Waals surface area contributed by atoms with Crippen molar-refractivity contribution in [3.63, 3.8) is 0 Å². The molecule has 2 aromatic rings. The van der Waals surface area contributed by atoms with Crippen molar-refractivity contribution in [3.8, 4) is 0 Å². The Morgan fingerprint density at radius 3 is 0.833 bits per heavy atom. The van der Waals surface area contributed by atoms with E-state index in [0.717, 1.165) is 0 Å². The zero-order valence-electron chi connectivity index (χ0n) is 11.6. The fraction of sp³-hybridized carbons (Fsp3) is 0.111. The summed E-state index contributed by atoms with van der Waals surface area (Å²) in [5.74, 6) is 0. The normalized spacial score (nSPS) is 7.22. The number of aryl methyl sites for hydroxylation is 2. The third kappa shape index (κ3) is 12.0. The van der Waals surface area contributed by atoms with Gasteiger partial charge in [-0.1, -0.05) is 71.8 Å². The van der Waals surface area contributed by atoms with Crippen LogP contribution in [-0.2, 0) is 0 Å². The molecule has 0 heterocycles. The Morgan fingerprint density at radius 1 is 0.500 bits per heavy atom. The Bertz CT molecular complexity index is 322. The van der Waals surface area contributed by atoms with Gasteiger partial charge < -0.3 is 0 Å². The highest BCUT2D eigenvalue weighted by molar-refractivity contribution is 5.12. The average Bonchev–Trinajstić information content (AvgIpc) is 2.46. The summed E-state index contributed by atoms with van der Waals surface area (Å²) < 4.78 is 0. The van der Waals surface area contributed by atoms with Gasteiger partial charge in [0, 0.05) is 0 Å². The van der Waals surface area contributed by atoms with Crippen molar-refractivity contribution in [3.05, 3.63) is 98.1 Å². The van der Waals surface area contributed by atoms with Crippen LogP contribution >= 0.6 is 0 Å². The van der Waals surface area contributed by atoms with Crippen LogP contribution in [0.2, 0.25) is 0 Å². The maximum Gasteiger partial charge on any atom is -0.0398 e. The smallest absolute Gasteiger partial charge is 0.0398 e. The number of hydrogen-bond donors (Lipinski definition) is 0. The first-order chi connectivity index (χ1) is 8.79. The molecule has 0 N–H and O–H groups in total. The third-order valence-corrected chi connectivity index (χ3v) is 1.88. The molecular formula is C18H24. The zero-order valence-corrected chi connectivity index (χ0v) is 11.6. The zero-order chi connectivity index (χ0) is 14.2. The minimum absolute atomic E-state index is 1.32. The van der Waals surface area contributed by atoms with E-state index in [2.05, 4.69) is 64.4 Å². The molecule has 0 saturated carbocycles. The molecule has 0 radical (unpaired) electrons. The second-order valence-electron chi connectivity index (χ2n) is 3.31. The molecule has 0 bridgehead atoms. The van der Waals surface area contributed by atoms with E-state index in [-0.39, 0.29) is 0 Å². The van der Waals surface area contributed by atoms with Crippen LogP contribution in [0.4, 0.5) is 0 Å². The molecule has 0 aliphatic rings. The standard InChI is InChI=1S/2C7H8.2C2H4/c2*1-7-5-3-2-4-6-7;2*1-2/h2*2-6H,1H3;2*1-2H2. The Hall–Kier alpha value is -2.08. The fourth-order valence-electron chi connectivity index (χ4n) is 1.07. The van der Waals surface area contributed by atoms with Crippen LogP contribution in [-0.4, -0.2) is 0 Å². The molecule has 0 aliphatic heterocycles. The van der Waals surface area contributed by atoms with E-state index in [1.54, 1.807) is 0 Å². The van der Waals surface area contributed by atoms with Gasteiger partial charge in [0.15, 0.2) is 0 Å². The quantitative estimate of drug-likeness (QED) is 0.526. The summed E-state index contributed by atoms with van der Waals surface area (Å²) in [4.78, 5) is 0. The monoisotopic (exact) mass is 240 g/mol. The van der Waals surface area contributed by atoms with Crippen LogP contribution in [0.5, 0.6) is 0 Å². The molecule has 2 rings (SSSR count). The van der Waals surface area contributed by atoms with Gasteiger partial charge in [0.1, 0.15) is 0 Å². The van der Waals surface area contributed by atoms with Gasteiger partial charge >= 0.3 is 0 Å². The molecule has 0 unspecified atom stereocenters. The summed E-state index contributed by atoms with van der Waals surface area (Å²) in [5, 5.41) is 0. The molecule has 0 fully saturated rings. The SMILES string of the molecule is C=C.C=C.Cc1ccccc1.Cc1ccccc1. The van der Waals surface area contributed by atoms with Crippen molar-refractivity contribution >= 4 is 0 Å². The third-order valence-electron chi connectivity index (χ3n) is 1.88. The summed E-state index contributed by atoms with van der Waals surface area (Å²) in [5.41, 5.74) is 2.64. The molecule has 96 valence electrons. The molecule has 0 aliphatic carbocycles. The van der Waals surface area contributed by atoms with Crippen molar-refractivity contribution in [1.82, 2.24) is 0 Å². The van der Waals surface area contributed by atoms with E-state index >= 15 is 0 Å². The predicted molar refractivity (Wildman–Crippen MR) is 84.9 cm³/mol.